The number of carbonyl (C=O) groups is 1. The Morgan fingerprint density at radius 3 is 2.53 bits per heavy atom. The van der Waals surface area contributed by atoms with Gasteiger partial charge in [-0.3, -0.25) is 9.69 Å². The molecule has 0 unspecified atom stereocenters. The lowest BCUT2D eigenvalue weighted by Gasteiger charge is -2.27. The molecular formula is C25H40N8O. The third-order valence-corrected chi connectivity index (χ3v) is 5.93. The highest BCUT2D eigenvalue weighted by molar-refractivity contribution is 5.95. The molecule has 0 bridgehead atoms. The van der Waals surface area contributed by atoms with Gasteiger partial charge in [-0.05, 0) is 50.3 Å². The quantitative estimate of drug-likeness (QED) is 0.540. The van der Waals surface area contributed by atoms with Crippen molar-refractivity contribution in [1.29, 1.82) is 0 Å². The maximum Gasteiger partial charge on any atom is 0.251 e. The number of rotatable bonds is 8. The van der Waals surface area contributed by atoms with Gasteiger partial charge in [0.2, 0.25) is 17.8 Å². The number of hydrogen-bond acceptors (Lipinski definition) is 8. The Morgan fingerprint density at radius 2 is 1.91 bits per heavy atom. The highest BCUT2D eigenvalue weighted by Crippen LogP contribution is 2.24. The van der Waals surface area contributed by atoms with Gasteiger partial charge in [0.1, 0.15) is 0 Å². The van der Waals surface area contributed by atoms with E-state index in [1.807, 2.05) is 32.2 Å². The molecule has 1 fully saturated rings. The first-order valence-electron chi connectivity index (χ1n) is 12.0. The van der Waals surface area contributed by atoms with Crippen LogP contribution >= 0.6 is 0 Å². The van der Waals surface area contributed by atoms with Crippen molar-refractivity contribution in [3.63, 3.8) is 0 Å². The zero-order valence-electron chi connectivity index (χ0n) is 21.9. The summed E-state index contributed by atoms with van der Waals surface area (Å²) in [6.45, 7) is 15.8. The first-order valence-corrected chi connectivity index (χ1v) is 12.0. The van der Waals surface area contributed by atoms with E-state index in [4.69, 9.17) is 9.97 Å². The summed E-state index contributed by atoms with van der Waals surface area (Å²) >= 11 is 0. The average Bonchev–Trinajstić information content (AvgIpc) is 3.22. The lowest BCUT2D eigenvalue weighted by atomic mass is 9.96. The number of nitrogens with zero attached hydrogens (tertiary/aromatic N) is 5. The summed E-state index contributed by atoms with van der Waals surface area (Å²) in [4.78, 5) is 30.8. The monoisotopic (exact) mass is 468 g/mol. The topological polar surface area (TPSA) is 98.3 Å². The molecule has 1 aliphatic heterocycles. The molecule has 3 rings (SSSR count). The van der Waals surface area contributed by atoms with Crippen molar-refractivity contribution in [2.75, 3.05) is 49.3 Å². The van der Waals surface area contributed by atoms with Crippen LogP contribution in [0.5, 0.6) is 0 Å². The molecule has 2 aromatic rings. The number of aromatic nitrogens is 3. The average molecular weight is 469 g/mol. The highest BCUT2D eigenvalue weighted by atomic mass is 16.1. The SMILES string of the molecule is CNC(=O)c1ccc(C)c(Nc2nc(N[C@H]3CCN(C(C)C)C3)nc(N(C)CC(C)(C)C)n2)c1. The molecule has 0 spiro atoms. The van der Waals surface area contributed by atoms with Gasteiger partial charge < -0.3 is 20.9 Å². The van der Waals surface area contributed by atoms with Crippen LogP contribution in [0.2, 0.25) is 0 Å². The van der Waals surface area contributed by atoms with Crippen LogP contribution in [0.15, 0.2) is 18.2 Å². The van der Waals surface area contributed by atoms with E-state index in [-0.39, 0.29) is 17.4 Å². The first kappa shape index (κ1) is 25.7. The van der Waals surface area contributed by atoms with Crippen molar-refractivity contribution in [2.45, 2.75) is 60.0 Å². The van der Waals surface area contributed by atoms with Crippen LogP contribution in [0.1, 0.15) is 57.0 Å². The van der Waals surface area contributed by atoms with Crippen molar-refractivity contribution in [2.24, 2.45) is 5.41 Å². The lowest BCUT2D eigenvalue weighted by molar-refractivity contribution is 0.0963. The van der Waals surface area contributed by atoms with Gasteiger partial charge in [0.05, 0.1) is 0 Å². The molecule has 0 saturated carbocycles. The fraction of sp³-hybridized carbons (Fsp3) is 0.600. The van der Waals surface area contributed by atoms with E-state index in [0.717, 1.165) is 37.3 Å². The van der Waals surface area contributed by atoms with E-state index in [1.54, 1.807) is 7.05 Å². The van der Waals surface area contributed by atoms with Crippen LogP contribution in [0.25, 0.3) is 0 Å². The van der Waals surface area contributed by atoms with Crippen LogP contribution in [-0.4, -0.2) is 71.6 Å². The Labute approximate surface area is 203 Å². The van der Waals surface area contributed by atoms with Crippen LogP contribution in [0, 0.1) is 12.3 Å². The van der Waals surface area contributed by atoms with E-state index in [9.17, 15) is 4.79 Å². The van der Waals surface area contributed by atoms with Gasteiger partial charge in [0, 0.05) is 57.1 Å². The molecule has 1 aliphatic rings. The number of likely N-dealkylation sites (tertiary alicyclic amines) is 1. The molecular weight excluding hydrogens is 428 g/mol. The Hall–Kier alpha value is -2.94. The minimum absolute atomic E-state index is 0.0875. The molecule has 1 atom stereocenters. The largest absolute Gasteiger partial charge is 0.355 e. The summed E-state index contributed by atoms with van der Waals surface area (Å²) in [5.74, 6) is 1.48. The first-order chi connectivity index (χ1) is 15.9. The third-order valence-electron chi connectivity index (χ3n) is 5.93. The van der Waals surface area contributed by atoms with Crippen LogP contribution in [-0.2, 0) is 0 Å². The minimum Gasteiger partial charge on any atom is -0.355 e. The van der Waals surface area contributed by atoms with Gasteiger partial charge >= 0.3 is 0 Å². The van der Waals surface area contributed by atoms with E-state index in [2.05, 4.69) is 65.4 Å². The Bertz CT molecular complexity index is 1000. The second-order valence-corrected chi connectivity index (χ2v) is 10.7. The van der Waals surface area contributed by atoms with Gasteiger partial charge in [0.25, 0.3) is 5.91 Å². The third kappa shape index (κ3) is 6.79. The van der Waals surface area contributed by atoms with Crippen LogP contribution in [0.3, 0.4) is 0 Å². The van der Waals surface area contributed by atoms with Crippen molar-refractivity contribution in [3.05, 3.63) is 29.3 Å². The van der Waals surface area contributed by atoms with E-state index in [0.29, 0.717) is 29.5 Å². The van der Waals surface area contributed by atoms with Crippen LogP contribution in [0.4, 0.5) is 23.5 Å². The van der Waals surface area contributed by atoms with E-state index in [1.165, 1.54) is 0 Å². The van der Waals surface area contributed by atoms with Gasteiger partial charge in [-0.2, -0.15) is 15.0 Å². The van der Waals surface area contributed by atoms with Gasteiger partial charge in [-0.1, -0.05) is 26.8 Å². The van der Waals surface area contributed by atoms with Crippen molar-refractivity contribution in [3.8, 4) is 0 Å². The molecule has 9 heteroatoms. The van der Waals surface area contributed by atoms with Crippen LogP contribution < -0.4 is 20.9 Å². The number of benzene rings is 1. The lowest BCUT2D eigenvalue weighted by Crippen LogP contribution is -2.32. The molecule has 1 saturated heterocycles. The zero-order chi connectivity index (χ0) is 25.0. The smallest absolute Gasteiger partial charge is 0.251 e. The van der Waals surface area contributed by atoms with Crippen molar-refractivity contribution < 1.29 is 4.79 Å². The van der Waals surface area contributed by atoms with Gasteiger partial charge in [-0.25, -0.2) is 0 Å². The Kier molecular flexibility index (Phi) is 7.97. The standard InChI is InChI=1S/C25H40N8O/c1-16(2)33-12-11-19(14-33)27-22-29-23(31-24(30-22)32(8)15-25(4,5)6)28-20-13-18(21(34)26-7)10-9-17(20)3/h9-10,13,16,19H,11-12,14-15H2,1-8H3,(H,26,34)(H2,27,28,29,30,31)/t19-/m0/s1. The number of hydrogen-bond donors (Lipinski definition) is 3. The number of aryl methyl sites for hydroxylation is 1. The molecule has 9 nitrogen and oxygen atoms in total. The summed E-state index contributed by atoms with van der Waals surface area (Å²) in [5, 5.41) is 9.52. The zero-order valence-corrected chi connectivity index (χ0v) is 21.9. The molecule has 2 heterocycles. The second kappa shape index (κ2) is 10.5. The van der Waals surface area contributed by atoms with E-state index >= 15 is 0 Å². The normalized spacial score (nSPS) is 16.6. The summed E-state index contributed by atoms with van der Waals surface area (Å²) < 4.78 is 0. The highest BCUT2D eigenvalue weighted by Gasteiger charge is 2.25. The molecule has 34 heavy (non-hydrogen) atoms. The fourth-order valence-electron chi connectivity index (χ4n) is 4.16. The van der Waals surface area contributed by atoms with Gasteiger partial charge in [0.15, 0.2) is 0 Å². The summed E-state index contributed by atoms with van der Waals surface area (Å²) in [6, 6.07) is 6.35. The van der Waals surface area contributed by atoms with Gasteiger partial charge in [-0.15, -0.1) is 0 Å². The Balaban J connectivity index is 1.90. The second-order valence-electron chi connectivity index (χ2n) is 10.7. The predicted octanol–water partition coefficient (Wildman–Crippen LogP) is 3.66. The van der Waals surface area contributed by atoms with Crippen molar-refractivity contribution in [1.82, 2.24) is 25.2 Å². The maximum atomic E-state index is 12.1. The molecule has 0 radical (unpaired) electrons. The summed E-state index contributed by atoms with van der Waals surface area (Å²) in [7, 11) is 3.63. The number of anilines is 4. The number of carbonyl (C=O) groups excluding carboxylic acids is 1. The minimum atomic E-state index is -0.136. The fourth-order valence-corrected chi connectivity index (χ4v) is 4.16. The molecule has 0 aliphatic carbocycles. The predicted molar refractivity (Wildman–Crippen MR) is 139 cm³/mol. The Morgan fingerprint density at radius 1 is 1.21 bits per heavy atom. The van der Waals surface area contributed by atoms with Crippen molar-refractivity contribution >= 4 is 29.4 Å². The van der Waals surface area contributed by atoms with E-state index < -0.39 is 0 Å². The molecule has 3 N–H and O–H groups in total. The molecule has 1 aromatic carbocycles. The molecule has 186 valence electrons. The molecule has 1 aromatic heterocycles. The summed E-state index contributed by atoms with van der Waals surface area (Å²) in [5.41, 5.74) is 2.45. The summed E-state index contributed by atoms with van der Waals surface area (Å²) in [6.07, 6.45) is 1.05. The number of nitrogens with one attached hydrogen (secondary N) is 3. The number of amides is 1. The molecule has 1 amide bonds. The maximum absolute atomic E-state index is 12.1.